The molecule has 3 aliphatic rings. The molecule has 0 saturated carbocycles. The lowest BCUT2D eigenvalue weighted by Gasteiger charge is -2.44. The summed E-state index contributed by atoms with van der Waals surface area (Å²) in [7, 11) is 0. The first-order chi connectivity index (χ1) is 24.8. The number of halogens is 1. The number of rotatable bonds is 7. The largest absolute Gasteiger partial charge is 0.488 e. The van der Waals surface area contributed by atoms with Gasteiger partial charge in [-0.05, 0) is 99.4 Å². The van der Waals surface area contributed by atoms with Gasteiger partial charge in [-0.3, -0.25) is 14.9 Å². The van der Waals surface area contributed by atoms with Gasteiger partial charge < -0.3 is 9.64 Å². The SMILES string of the molecule is Cc1ccc(COc2ccc(/C=C3\C(=O)NC(=O)N(c4cc5c6c(c4)[C@H](c4ccccc4)CCN6CC[C@H]5c4ccccc4)C3=O)cc2Br)cc1. The van der Waals surface area contributed by atoms with Gasteiger partial charge in [0.1, 0.15) is 17.9 Å². The summed E-state index contributed by atoms with van der Waals surface area (Å²) in [6.07, 6.45) is 3.36. The highest BCUT2D eigenvalue weighted by Crippen LogP contribution is 2.50. The molecule has 8 heteroatoms. The Morgan fingerprint density at radius 3 is 1.98 bits per heavy atom. The molecule has 1 fully saturated rings. The summed E-state index contributed by atoms with van der Waals surface area (Å²) in [5, 5.41) is 2.44. The highest BCUT2D eigenvalue weighted by molar-refractivity contribution is 9.10. The monoisotopic (exact) mass is 737 g/mol. The van der Waals surface area contributed by atoms with Crippen LogP contribution < -0.4 is 19.9 Å². The molecule has 0 radical (unpaired) electrons. The molecule has 0 spiro atoms. The van der Waals surface area contributed by atoms with Crippen LogP contribution in [0.5, 0.6) is 5.75 Å². The lowest BCUT2D eigenvalue weighted by Crippen LogP contribution is -2.54. The van der Waals surface area contributed by atoms with Crippen molar-refractivity contribution in [1.82, 2.24) is 5.32 Å². The van der Waals surface area contributed by atoms with Crippen molar-refractivity contribution < 1.29 is 19.1 Å². The number of ether oxygens (including phenoxy) is 1. The van der Waals surface area contributed by atoms with Gasteiger partial charge in [-0.25, -0.2) is 9.69 Å². The minimum atomic E-state index is -0.758. The van der Waals surface area contributed by atoms with E-state index >= 15 is 0 Å². The van der Waals surface area contributed by atoms with Gasteiger partial charge in [-0.15, -0.1) is 0 Å². The lowest BCUT2D eigenvalue weighted by atomic mass is 9.76. The predicted molar refractivity (Wildman–Crippen MR) is 203 cm³/mol. The number of hydrogen-bond donors (Lipinski definition) is 1. The van der Waals surface area contributed by atoms with Crippen LogP contribution in [0.2, 0.25) is 0 Å². The molecule has 3 aliphatic heterocycles. The van der Waals surface area contributed by atoms with Gasteiger partial charge in [0.05, 0.1) is 10.2 Å². The fourth-order valence-electron chi connectivity index (χ4n) is 7.60. The average Bonchev–Trinajstić information content (AvgIpc) is 3.14. The van der Waals surface area contributed by atoms with E-state index in [1.54, 1.807) is 18.2 Å². The number of barbiturate groups is 1. The van der Waals surface area contributed by atoms with Gasteiger partial charge in [-0.1, -0.05) is 96.6 Å². The Bertz CT molecular complexity index is 2110. The number of aryl methyl sites for hydroxylation is 1. The molecule has 254 valence electrons. The number of hydrogen-bond acceptors (Lipinski definition) is 5. The fraction of sp³-hybridized carbons (Fsp3) is 0.186. The van der Waals surface area contributed by atoms with E-state index in [0.717, 1.165) is 47.5 Å². The molecule has 1 saturated heterocycles. The van der Waals surface area contributed by atoms with Gasteiger partial charge in [0.25, 0.3) is 11.8 Å². The van der Waals surface area contributed by atoms with E-state index in [1.807, 2.05) is 55.5 Å². The van der Waals surface area contributed by atoms with Crippen molar-refractivity contribution >= 4 is 51.2 Å². The topological polar surface area (TPSA) is 79.0 Å². The Morgan fingerprint density at radius 1 is 0.784 bits per heavy atom. The number of benzene rings is 5. The van der Waals surface area contributed by atoms with Crippen molar-refractivity contribution in [2.45, 2.75) is 38.2 Å². The third-order valence-electron chi connectivity index (χ3n) is 10.1. The second-order valence-corrected chi connectivity index (χ2v) is 14.2. The lowest BCUT2D eigenvalue weighted by molar-refractivity contribution is -0.122. The number of nitrogens with one attached hydrogen (secondary N) is 1. The van der Waals surface area contributed by atoms with Crippen LogP contribution in [-0.2, 0) is 16.2 Å². The first kappa shape index (κ1) is 32.7. The maximum absolute atomic E-state index is 14.3. The zero-order valence-corrected chi connectivity index (χ0v) is 29.7. The molecule has 8 rings (SSSR count). The molecule has 1 N–H and O–H groups in total. The third-order valence-corrected chi connectivity index (χ3v) is 10.8. The Morgan fingerprint density at radius 2 is 1.39 bits per heavy atom. The van der Waals surface area contributed by atoms with Crippen molar-refractivity contribution in [3.8, 4) is 5.75 Å². The maximum Gasteiger partial charge on any atom is 0.335 e. The summed E-state index contributed by atoms with van der Waals surface area (Å²) in [4.78, 5) is 44.6. The van der Waals surface area contributed by atoms with E-state index in [0.29, 0.717) is 28.1 Å². The molecule has 3 heterocycles. The highest BCUT2D eigenvalue weighted by Gasteiger charge is 2.40. The summed E-state index contributed by atoms with van der Waals surface area (Å²) in [6, 6.07) is 37.6. The van der Waals surface area contributed by atoms with Crippen LogP contribution in [0.15, 0.2) is 125 Å². The smallest absolute Gasteiger partial charge is 0.335 e. The second-order valence-electron chi connectivity index (χ2n) is 13.4. The molecule has 0 aromatic heterocycles. The summed E-state index contributed by atoms with van der Waals surface area (Å²) < 4.78 is 6.71. The zero-order chi connectivity index (χ0) is 35.1. The first-order valence-electron chi connectivity index (χ1n) is 17.3. The molecule has 0 unspecified atom stereocenters. The fourth-order valence-corrected chi connectivity index (χ4v) is 8.11. The summed E-state index contributed by atoms with van der Waals surface area (Å²) in [5.74, 6) is -0.578. The highest BCUT2D eigenvalue weighted by atomic mass is 79.9. The van der Waals surface area contributed by atoms with E-state index in [1.165, 1.54) is 28.5 Å². The van der Waals surface area contributed by atoms with E-state index in [-0.39, 0.29) is 17.4 Å². The van der Waals surface area contributed by atoms with E-state index in [4.69, 9.17) is 4.74 Å². The van der Waals surface area contributed by atoms with Gasteiger partial charge in [0.15, 0.2) is 0 Å². The number of imide groups is 2. The Hall–Kier alpha value is -5.47. The van der Waals surface area contributed by atoms with Crippen molar-refractivity contribution in [2.24, 2.45) is 0 Å². The standard InChI is InChI=1S/C43H36BrN3O4/c1-27-12-14-28(15-13-27)26-51-39-17-16-29(23-38(39)44)22-37-41(48)45-43(50)47(42(37)49)32-24-35-33(30-8-4-2-5-9-30)18-20-46-21-19-34(36(25-32)40(35)46)31-10-6-3-7-11-31/h2-17,22-25,33-34H,18-21,26H2,1H3,(H,45,48,50)/b37-22+/t33-,34-/m0/s1. The van der Waals surface area contributed by atoms with E-state index in [2.05, 4.69) is 74.7 Å². The van der Waals surface area contributed by atoms with Crippen molar-refractivity contribution in [2.75, 3.05) is 22.9 Å². The Kier molecular flexibility index (Phi) is 8.78. The maximum atomic E-state index is 14.3. The molecular weight excluding hydrogens is 702 g/mol. The first-order valence-corrected chi connectivity index (χ1v) is 18.1. The number of nitrogens with zero attached hydrogens (tertiary/aromatic N) is 2. The van der Waals surface area contributed by atoms with Gasteiger partial charge >= 0.3 is 6.03 Å². The normalized spacial score (nSPS) is 19.2. The van der Waals surface area contributed by atoms with Crippen LogP contribution in [0, 0.1) is 6.92 Å². The molecule has 4 amide bonds. The van der Waals surface area contributed by atoms with Crippen LogP contribution in [-0.4, -0.2) is 30.9 Å². The van der Waals surface area contributed by atoms with Crippen LogP contribution >= 0.6 is 15.9 Å². The summed E-state index contributed by atoms with van der Waals surface area (Å²) in [5.41, 5.74) is 8.93. The predicted octanol–water partition coefficient (Wildman–Crippen LogP) is 8.88. The molecule has 5 aromatic rings. The molecule has 5 aromatic carbocycles. The molecule has 0 aliphatic carbocycles. The number of carbonyl (C=O) groups excluding carboxylic acids is 3. The van der Waals surface area contributed by atoms with Gasteiger partial charge in [0, 0.05) is 30.6 Å². The van der Waals surface area contributed by atoms with Crippen molar-refractivity contribution in [3.63, 3.8) is 0 Å². The molecule has 2 atom stereocenters. The van der Waals surface area contributed by atoms with E-state index < -0.39 is 17.8 Å². The average molecular weight is 739 g/mol. The molecule has 51 heavy (non-hydrogen) atoms. The summed E-state index contributed by atoms with van der Waals surface area (Å²) >= 11 is 3.59. The third kappa shape index (κ3) is 6.36. The molecule has 7 nitrogen and oxygen atoms in total. The number of anilines is 2. The van der Waals surface area contributed by atoms with Crippen LogP contribution in [0.25, 0.3) is 6.08 Å². The van der Waals surface area contributed by atoms with Crippen LogP contribution in [0.4, 0.5) is 16.2 Å². The minimum absolute atomic E-state index is 0.0920. The Labute approximate surface area is 305 Å². The van der Waals surface area contributed by atoms with Gasteiger partial charge in [-0.2, -0.15) is 0 Å². The van der Waals surface area contributed by atoms with Crippen molar-refractivity contribution in [3.05, 3.63) is 164 Å². The second kappa shape index (κ2) is 13.7. The number of urea groups is 1. The minimum Gasteiger partial charge on any atom is -0.488 e. The molecule has 0 bridgehead atoms. The van der Waals surface area contributed by atoms with E-state index in [9.17, 15) is 14.4 Å². The van der Waals surface area contributed by atoms with Crippen LogP contribution in [0.1, 0.15) is 63.6 Å². The zero-order valence-electron chi connectivity index (χ0n) is 28.1. The van der Waals surface area contributed by atoms with Crippen LogP contribution in [0.3, 0.4) is 0 Å². The van der Waals surface area contributed by atoms with Crippen molar-refractivity contribution in [1.29, 1.82) is 0 Å². The number of amides is 4. The van der Waals surface area contributed by atoms with Gasteiger partial charge in [0.2, 0.25) is 0 Å². The molecular formula is C43H36BrN3O4. The Balaban J connectivity index is 1.16. The number of carbonyl (C=O) groups is 3. The quantitative estimate of drug-likeness (QED) is 0.133. The summed E-state index contributed by atoms with van der Waals surface area (Å²) in [6.45, 7) is 4.29.